The second kappa shape index (κ2) is 22.1. The number of anilines is 1. The van der Waals surface area contributed by atoms with Crippen LogP contribution in [0.3, 0.4) is 0 Å². The van der Waals surface area contributed by atoms with Crippen molar-refractivity contribution < 1.29 is 19.1 Å². The van der Waals surface area contributed by atoms with E-state index in [1.807, 2.05) is 0 Å². The zero-order valence-corrected chi connectivity index (χ0v) is 25.3. The van der Waals surface area contributed by atoms with Crippen LogP contribution >= 0.6 is 11.8 Å². The van der Waals surface area contributed by atoms with Crippen molar-refractivity contribution in [3.8, 4) is 0 Å². The first kappa shape index (κ1) is 34.6. The normalized spacial score (nSPS) is 17.4. The van der Waals surface area contributed by atoms with Crippen LogP contribution in [0.2, 0.25) is 0 Å². The Labute approximate surface area is 253 Å². The molecule has 2 heterocycles. The van der Waals surface area contributed by atoms with Gasteiger partial charge < -0.3 is 25.8 Å². The molecule has 42 heavy (non-hydrogen) atoms. The molecule has 1 saturated heterocycles. The van der Waals surface area contributed by atoms with E-state index in [0.29, 0.717) is 18.7 Å². The minimum absolute atomic E-state index is 0.0340. The van der Waals surface area contributed by atoms with Crippen LogP contribution in [0.4, 0.5) is 10.6 Å². The van der Waals surface area contributed by atoms with Crippen LogP contribution in [-0.4, -0.2) is 52.4 Å². The number of nitrogens with one attached hydrogen (secondary N) is 2. The first-order valence-electron chi connectivity index (χ1n) is 14.5. The van der Waals surface area contributed by atoms with Gasteiger partial charge in [-0.05, 0) is 51.0 Å². The number of nitrogens with zero attached hydrogens (tertiary/aromatic N) is 2. The monoisotopic (exact) mass is 599 g/mol. The molecule has 0 bridgehead atoms. The van der Waals surface area contributed by atoms with Crippen LogP contribution in [0.5, 0.6) is 0 Å². The Hall–Kier alpha value is -3.57. The Bertz CT molecular complexity index is 1140. The fraction of sp³-hybridized carbons (Fsp3) is 0.484. The summed E-state index contributed by atoms with van der Waals surface area (Å²) in [6.45, 7) is 2.75. The summed E-state index contributed by atoms with van der Waals surface area (Å²) in [5, 5.41) is 5.39. The van der Waals surface area contributed by atoms with Crippen molar-refractivity contribution in [2.24, 2.45) is 0 Å². The fourth-order valence-corrected chi connectivity index (χ4v) is 4.71. The largest absolute Gasteiger partial charge is 0.446 e. The molecule has 1 aliphatic heterocycles. The molecule has 1 fully saturated rings. The molecule has 0 saturated carbocycles. The van der Waals surface area contributed by atoms with Gasteiger partial charge in [-0.2, -0.15) is 4.98 Å². The number of ether oxygens (including phenoxy) is 2. The van der Waals surface area contributed by atoms with Gasteiger partial charge in [0.15, 0.2) is 0 Å². The van der Waals surface area contributed by atoms with Crippen molar-refractivity contribution in [2.45, 2.75) is 70.0 Å². The van der Waals surface area contributed by atoms with E-state index in [4.69, 9.17) is 15.2 Å². The van der Waals surface area contributed by atoms with Crippen LogP contribution in [0.25, 0.3) is 0 Å². The minimum atomic E-state index is -0.596. The lowest BCUT2D eigenvalue weighted by Gasteiger charge is -2.15. The predicted octanol–water partition coefficient (Wildman–Crippen LogP) is 5.18. The number of amides is 2. The summed E-state index contributed by atoms with van der Waals surface area (Å²) in [4.78, 5) is 39.5. The minimum Gasteiger partial charge on any atom is -0.446 e. The van der Waals surface area contributed by atoms with Crippen molar-refractivity contribution in [1.29, 1.82) is 0 Å². The molecule has 0 radical (unpaired) electrons. The number of nitrogen functional groups attached to an aromatic ring is 1. The molecule has 1 aliphatic rings. The van der Waals surface area contributed by atoms with Crippen LogP contribution < -0.4 is 22.1 Å². The maximum absolute atomic E-state index is 12.0. The van der Waals surface area contributed by atoms with Gasteiger partial charge >= 0.3 is 11.8 Å². The lowest BCUT2D eigenvalue weighted by Crippen LogP contribution is -2.35. The Morgan fingerprint density at radius 1 is 1.02 bits per heavy atom. The number of unbranched alkanes of at least 4 members (excludes halogenated alkanes) is 1. The smallest absolute Gasteiger partial charge is 0.407 e. The molecule has 2 amide bonds. The zero-order valence-electron chi connectivity index (χ0n) is 24.5. The second-order valence-corrected chi connectivity index (χ2v) is 10.6. The highest BCUT2D eigenvalue weighted by Crippen LogP contribution is 2.31. The molecule has 230 valence electrons. The number of hydrogen-bond acceptors (Lipinski definition) is 8. The fourth-order valence-electron chi connectivity index (χ4n) is 3.72. The highest BCUT2D eigenvalue weighted by Gasteiger charge is 2.29. The zero-order chi connectivity index (χ0) is 30.3. The Morgan fingerprint density at radius 3 is 2.29 bits per heavy atom. The third-order valence-corrected chi connectivity index (χ3v) is 6.99. The van der Waals surface area contributed by atoms with Crippen molar-refractivity contribution >= 4 is 29.6 Å². The van der Waals surface area contributed by atoms with Gasteiger partial charge in [0.2, 0.25) is 5.91 Å². The number of allylic oxidation sites excluding steroid dienone is 10. The molecule has 1 unspecified atom stereocenters. The quantitative estimate of drug-likeness (QED) is 0.146. The molecule has 10 nitrogen and oxygen atoms in total. The van der Waals surface area contributed by atoms with Crippen molar-refractivity contribution in [3.05, 3.63) is 83.5 Å². The van der Waals surface area contributed by atoms with E-state index in [9.17, 15) is 14.4 Å². The van der Waals surface area contributed by atoms with Gasteiger partial charge in [-0.25, -0.2) is 9.59 Å². The summed E-state index contributed by atoms with van der Waals surface area (Å²) < 4.78 is 12.3. The molecule has 1 aromatic heterocycles. The highest BCUT2D eigenvalue weighted by atomic mass is 32.2. The summed E-state index contributed by atoms with van der Waals surface area (Å²) in [6.07, 6.45) is 29.0. The van der Waals surface area contributed by atoms with Gasteiger partial charge in [0, 0.05) is 31.5 Å². The molecule has 2 rings (SSSR count). The molecule has 4 N–H and O–H groups in total. The predicted molar refractivity (Wildman–Crippen MR) is 170 cm³/mol. The molecule has 11 heteroatoms. The molecule has 0 aliphatic carbocycles. The standard InChI is InChI=1S/C31H45N5O5S/c1-2-3-4-5-6-7-8-9-10-11-12-13-14-15-16-17-18-19-27(37)33-21-22-34-31(39)40-24-29-41-28(25-42-29)36-23-20-26(32)35-30(36)38/h3-4,6-7,9-10,12-13,15-16,20,23,28-29H,2,5,8,11,14,17-19,21-22,24-25H2,1H3,(H,33,37)(H,34,39)(H2,32,35,38)/b4-3-,7-6-,10-9-,13-12-,16-15-/t28?,29-/m1/s1. The van der Waals surface area contributed by atoms with Gasteiger partial charge in [-0.1, -0.05) is 67.7 Å². The summed E-state index contributed by atoms with van der Waals surface area (Å²) in [5.74, 6) is 0.622. The number of rotatable bonds is 19. The second-order valence-electron chi connectivity index (χ2n) is 9.37. The summed E-state index contributed by atoms with van der Waals surface area (Å²) >= 11 is 1.44. The highest BCUT2D eigenvalue weighted by molar-refractivity contribution is 8.00. The van der Waals surface area contributed by atoms with Gasteiger partial charge in [0.05, 0.1) is 0 Å². The van der Waals surface area contributed by atoms with Crippen LogP contribution in [0.15, 0.2) is 77.8 Å². The van der Waals surface area contributed by atoms with E-state index < -0.39 is 23.4 Å². The number of thioether (sulfide) groups is 1. The average Bonchev–Trinajstić information content (AvgIpc) is 3.44. The summed E-state index contributed by atoms with van der Waals surface area (Å²) in [5.41, 5.74) is 4.62. The summed E-state index contributed by atoms with van der Waals surface area (Å²) in [7, 11) is 0. The van der Waals surface area contributed by atoms with Crippen LogP contribution in [0.1, 0.15) is 64.5 Å². The molecular weight excluding hydrogens is 554 g/mol. The third-order valence-electron chi connectivity index (χ3n) is 5.89. The van der Waals surface area contributed by atoms with Gasteiger partial charge in [-0.15, -0.1) is 11.8 Å². The number of carbonyl (C=O) groups excluding carboxylic acids is 2. The number of hydrogen-bond donors (Lipinski definition) is 3. The topological polar surface area (TPSA) is 138 Å². The average molecular weight is 600 g/mol. The number of carbonyl (C=O) groups is 2. The van der Waals surface area contributed by atoms with Gasteiger partial charge in [0.25, 0.3) is 0 Å². The number of alkyl carbamates (subject to hydrolysis) is 1. The SMILES string of the molecule is CC/C=C\C/C=C\C/C=C\C/C=C\C/C=C\CCCC(=O)NCCNC(=O)OC[C@@H]1OC(n2ccc(N)nc2=O)CS1. The van der Waals surface area contributed by atoms with E-state index in [-0.39, 0.29) is 24.9 Å². The lowest BCUT2D eigenvalue weighted by molar-refractivity contribution is -0.121. The molecule has 0 aromatic carbocycles. The number of aromatic nitrogens is 2. The maximum atomic E-state index is 12.0. The Balaban J connectivity index is 1.42. The molecule has 2 atom stereocenters. The van der Waals surface area contributed by atoms with E-state index >= 15 is 0 Å². The Kier molecular flexibility index (Phi) is 18.2. The van der Waals surface area contributed by atoms with E-state index in [1.165, 1.54) is 28.6 Å². The van der Waals surface area contributed by atoms with E-state index in [2.05, 4.69) is 83.3 Å². The first-order chi connectivity index (χ1) is 20.5. The van der Waals surface area contributed by atoms with Crippen LogP contribution in [-0.2, 0) is 14.3 Å². The van der Waals surface area contributed by atoms with Crippen molar-refractivity contribution in [2.75, 3.05) is 31.2 Å². The lowest BCUT2D eigenvalue weighted by atomic mass is 10.2. The summed E-state index contributed by atoms with van der Waals surface area (Å²) in [6, 6.07) is 1.53. The Morgan fingerprint density at radius 2 is 1.64 bits per heavy atom. The van der Waals surface area contributed by atoms with Gasteiger partial charge in [0.1, 0.15) is 24.1 Å². The number of nitrogens with two attached hydrogens (primary N) is 1. The van der Waals surface area contributed by atoms with Crippen LogP contribution in [0, 0.1) is 0 Å². The van der Waals surface area contributed by atoms with Crippen molar-refractivity contribution in [1.82, 2.24) is 20.2 Å². The van der Waals surface area contributed by atoms with Gasteiger partial charge in [-0.3, -0.25) is 9.36 Å². The van der Waals surface area contributed by atoms with Crippen molar-refractivity contribution in [3.63, 3.8) is 0 Å². The van der Waals surface area contributed by atoms with E-state index in [1.54, 1.807) is 0 Å². The first-order valence-corrected chi connectivity index (χ1v) is 15.6. The van der Waals surface area contributed by atoms with E-state index in [0.717, 1.165) is 44.9 Å². The molecular formula is C31H45N5O5S. The molecule has 0 spiro atoms. The third kappa shape index (κ3) is 16.0. The maximum Gasteiger partial charge on any atom is 0.407 e. The molecule has 1 aromatic rings.